The van der Waals surface area contributed by atoms with Crippen LogP contribution in [-0.2, 0) is 14.3 Å². The van der Waals surface area contributed by atoms with Gasteiger partial charge in [-0.15, -0.1) is 12.4 Å². The summed E-state index contributed by atoms with van der Waals surface area (Å²) in [6, 6.07) is 7.76. The number of hydrogen-bond acceptors (Lipinski definition) is 4. The van der Waals surface area contributed by atoms with Crippen molar-refractivity contribution in [3.05, 3.63) is 28.7 Å². The number of amides is 1. The maximum atomic E-state index is 12.8. The summed E-state index contributed by atoms with van der Waals surface area (Å²) < 4.78 is 12.2. The summed E-state index contributed by atoms with van der Waals surface area (Å²) in [5, 5.41) is 3.20. The van der Waals surface area contributed by atoms with Crippen molar-refractivity contribution in [1.82, 2.24) is 5.32 Å². The van der Waals surface area contributed by atoms with Crippen molar-refractivity contribution in [1.29, 1.82) is 0 Å². The number of halogens is 2. The van der Waals surface area contributed by atoms with Gasteiger partial charge in [0.05, 0.1) is 13.2 Å². The van der Waals surface area contributed by atoms with Gasteiger partial charge >= 0.3 is 0 Å². The molecule has 0 aromatic heterocycles. The minimum atomic E-state index is -0.432. The van der Waals surface area contributed by atoms with Crippen LogP contribution in [0.4, 0.5) is 5.69 Å². The first kappa shape index (κ1) is 21.4. The molecule has 0 spiro atoms. The van der Waals surface area contributed by atoms with Gasteiger partial charge in [-0.3, -0.25) is 4.79 Å². The van der Waals surface area contributed by atoms with E-state index in [1.54, 1.807) is 4.90 Å². The van der Waals surface area contributed by atoms with Crippen molar-refractivity contribution in [2.75, 3.05) is 44.4 Å². The predicted octanol–water partition coefficient (Wildman–Crippen LogP) is 3.01. The van der Waals surface area contributed by atoms with E-state index in [9.17, 15) is 4.79 Å². The molecule has 7 heteroatoms. The van der Waals surface area contributed by atoms with Gasteiger partial charge in [0.1, 0.15) is 6.10 Å². The molecule has 1 aliphatic rings. The first-order valence-electron chi connectivity index (χ1n) is 8.19. The molecule has 1 aliphatic heterocycles. The number of carbonyl (C=O) groups is 1. The Morgan fingerprint density at radius 1 is 1.46 bits per heavy atom. The summed E-state index contributed by atoms with van der Waals surface area (Å²) in [5.41, 5.74) is 0.859. The molecule has 5 nitrogen and oxygen atoms in total. The molecule has 0 aliphatic carbocycles. The highest BCUT2D eigenvalue weighted by Crippen LogP contribution is 2.21. The molecule has 0 saturated carbocycles. The molecule has 2 rings (SSSR count). The Hall–Kier alpha value is -0.660. The van der Waals surface area contributed by atoms with E-state index in [2.05, 4.69) is 28.2 Å². The standard InChI is InChI=1S/C17H25BrN2O3.ClH/c1-2-3-9-22-11-8-20(15-6-4-5-14(18)12-15)17(21)16-13-19-7-10-23-16;/h4-6,12,16,19H,2-3,7-11,13H2,1H3;1H. The average molecular weight is 422 g/mol. The lowest BCUT2D eigenvalue weighted by Crippen LogP contribution is -2.50. The van der Waals surface area contributed by atoms with Crippen molar-refractivity contribution >= 4 is 39.9 Å². The summed E-state index contributed by atoms with van der Waals surface area (Å²) in [6.07, 6.45) is 1.72. The van der Waals surface area contributed by atoms with Gasteiger partial charge in [0.25, 0.3) is 5.91 Å². The van der Waals surface area contributed by atoms with Gasteiger partial charge in [-0.25, -0.2) is 0 Å². The molecule has 1 aromatic rings. The number of ether oxygens (including phenoxy) is 2. The van der Waals surface area contributed by atoms with Crippen LogP contribution in [0.3, 0.4) is 0 Å². The predicted molar refractivity (Wildman–Crippen MR) is 102 cm³/mol. The van der Waals surface area contributed by atoms with E-state index in [0.29, 0.717) is 26.3 Å². The van der Waals surface area contributed by atoms with E-state index < -0.39 is 6.10 Å². The third kappa shape index (κ3) is 6.69. The second-order valence-corrected chi connectivity index (χ2v) is 6.41. The highest BCUT2D eigenvalue weighted by atomic mass is 79.9. The van der Waals surface area contributed by atoms with Crippen molar-refractivity contribution in [2.45, 2.75) is 25.9 Å². The molecule has 1 unspecified atom stereocenters. The number of nitrogens with one attached hydrogen (secondary N) is 1. The lowest BCUT2D eigenvalue weighted by Gasteiger charge is -2.30. The van der Waals surface area contributed by atoms with Crippen LogP contribution in [0.25, 0.3) is 0 Å². The molecule has 1 saturated heterocycles. The Bertz CT molecular complexity index is 498. The lowest BCUT2D eigenvalue weighted by atomic mass is 10.2. The fourth-order valence-corrected chi connectivity index (χ4v) is 2.80. The molecule has 24 heavy (non-hydrogen) atoms. The molecular weight excluding hydrogens is 396 g/mol. The summed E-state index contributed by atoms with van der Waals surface area (Å²) >= 11 is 3.47. The number of hydrogen-bond donors (Lipinski definition) is 1. The number of anilines is 1. The molecule has 0 bridgehead atoms. The highest BCUT2D eigenvalue weighted by molar-refractivity contribution is 9.10. The van der Waals surface area contributed by atoms with Crippen molar-refractivity contribution < 1.29 is 14.3 Å². The molecule has 1 heterocycles. The number of nitrogens with zero attached hydrogens (tertiary/aromatic N) is 1. The Labute approximate surface area is 158 Å². The molecule has 136 valence electrons. The van der Waals surface area contributed by atoms with Gasteiger partial charge in [0.2, 0.25) is 0 Å². The number of rotatable bonds is 8. The summed E-state index contributed by atoms with van der Waals surface area (Å²) in [4.78, 5) is 14.6. The fraction of sp³-hybridized carbons (Fsp3) is 0.588. The van der Waals surface area contributed by atoms with E-state index in [0.717, 1.165) is 36.2 Å². The van der Waals surface area contributed by atoms with Crippen molar-refractivity contribution in [3.8, 4) is 0 Å². The minimum absolute atomic E-state index is 0. The fourth-order valence-electron chi connectivity index (χ4n) is 2.41. The Morgan fingerprint density at radius 3 is 2.96 bits per heavy atom. The maximum absolute atomic E-state index is 12.8. The number of unbranched alkanes of at least 4 members (excludes halogenated alkanes) is 1. The van der Waals surface area contributed by atoms with Crippen LogP contribution in [0.2, 0.25) is 0 Å². The zero-order chi connectivity index (χ0) is 16.5. The van der Waals surface area contributed by atoms with Crippen molar-refractivity contribution in [3.63, 3.8) is 0 Å². The number of morpholine rings is 1. The first-order chi connectivity index (χ1) is 11.2. The van der Waals surface area contributed by atoms with E-state index >= 15 is 0 Å². The summed E-state index contributed by atoms with van der Waals surface area (Å²) in [5.74, 6) is -0.0191. The second kappa shape index (κ2) is 11.8. The summed E-state index contributed by atoms with van der Waals surface area (Å²) in [6.45, 7) is 5.83. The minimum Gasteiger partial charge on any atom is -0.380 e. The zero-order valence-electron chi connectivity index (χ0n) is 14.0. The van der Waals surface area contributed by atoms with Crippen LogP contribution in [0, 0.1) is 0 Å². The third-order valence-electron chi connectivity index (χ3n) is 3.69. The SMILES string of the molecule is CCCCOCCN(C(=O)C1CNCCO1)c1cccc(Br)c1.Cl. The van der Waals surface area contributed by atoms with Gasteiger partial charge in [0, 0.05) is 36.4 Å². The monoisotopic (exact) mass is 420 g/mol. The van der Waals surface area contributed by atoms with Crippen LogP contribution in [0.15, 0.2) is 28.7 Å². The molecular formula is C17H26BrClN2O3. The number of benzene rings is 1. The largest absolute Gasteiger partial charge is 0.380 e. The Balaban J connectivity index is 0.00000288. The molecule has 1 N–H and O–H groups in total. The Kier molecular flexibility index (Phi) is 10.5. The molecule has 1 amide bonds. The van der Waals surface area contributed by atoms with Crippen molar-refractivity contribution in [2.24, 2.45) is 0 Å². The van der Waals surface area contributed by atoms with Gasteiger partial charge in [-0.05, 0) is 24.6 Å². The van der Waals surface area contributed by atoms with E-state index in [1.165, 1.54) is 0 Å². The smallest absolute Gasteiger partial charge is 0.257 e. The van der Waals surface area contributed by atoms with Gasteiger partial charge < -0.3 is 19.7 Å². The van der Waals surface area contributed by atoms with Crippen LogP contribution < -0.4 is 10.2 Å². The summed E-state index contributed by atoms with van der Waals surface area (Å²) in [7, 11) is 0. The Morgan fingerprint density at radius 2 is 2.29 bits per heavy atom. The van der Waals surface area contributed by atoms with E-state index in [4.69, 9.17) is 9.47 Å². The highest BCUT2D eigenvalue weighted by Gasteiger charge is 2.27. The quantitative estimate of drug-likeness (QED) is 0.656. The average Bonchev–Trinajstić information content (AvgIpc) is 2.58. The van der Waals surface area contributed by atoms with Crippen LogP contribution in [-0.4, -0.2) is 51.5 Å². The van der Waals surface area contributed by atoms with Crippen LogP contribution >= 0.6 is 28.3 Å². The lowest BCUT2D eigenvalue weighted by molar-refractivity contribution is -0.131. The molecule has 1 atom stereocenters. The zero-order valence-corrected chi connectivity index (χ0v) is 16.4. The normalized spacial score (nSPS) is 17.2. The van der Waals surface area contributed by atoms with E-state index in [-0.39, 0.29) is 18.3 Å². The van der Waals surface area contributed by atoms with Gasteiger partial charge in [-0.2, -0.15) is 0 Å². The van der Waals surface area contributed by atoms with Gasteiger partial charge in [-0.1, -0.05) is 35.3 Å². The van der Waals surface area contributed by atoms with Gasteiger partial charge in [0.15, 0.2) is 0 Å². The first-order valence-corrected chi connectivity index (χ1v) is 8.98. The molecule has 1 fully saturated rings. The molecule has 0 radical (unpaired) electrons. The maximum Gasteiger partial charge on any atom is 0.257 e. The molecule has 1 aromatic carbocycles. The number of carbonyl (C=O) groups excluding carboxylic acids is 1. The van der Waals surface area contributed by atoms with E-state index in [1.807, 2.05) is 24.3 Å². The second-order valence-electron chi connectivity index (χ2n) is 5.50. The van der Waals surface area contributed by atoms with Crippen LogP contribution in [0.5, 0.6) is 0 Å². The topological polar surface area (TPSA) is 50.8 Å². The van der Waals surface area contributed by atoms with Crippen LogP contribution in [0.1, 0.15) is 19.8 Å². The third-order valence-corrected chi connectivity index (χ3v) is 4.18.